The summed E-state index contributed by atoms with van der Waals surface area (Å²) in [5, 5.41) is 4.73. The first-order valence-electron chi connectivity index (χ1n) is 7.83. The van der Waals surface area contributed by atoms with Crippen LogP contribution in [-0.2, 0) is 6.54 Å². The zero-order valence-corrected chi connectivity index (χ0v) is 13.1. The van der Waals surface area contributed by atoms with Gasteiger partial charge in [0.2, 0.25) is 0 Å². The molecule has 2 aromatic rings. The number of para-hydroxylation sites is 1. The van der Waals surface area contributed by atoms with Crippen molar-refractivity contribution in [3.05, 3.63) is 46.5 Å². The van der Waals surface area contributed by atoms with Crippen LogP contribution in [0.3, 0.4) is 0 Å². The van der Waals surface area contributed by atoms with Crippen LogP contribution in [0.1, 0.15) is 5.56 Å². The van der Waals surface area contributed by atoms with E-state index < -0.39 is 0 Å². The highest BCUT2D eigenvalue weighted by atomic mass is 15.3. The van der Waals surface area contributed by atoms with Crippen LogP contribution in [0.4, 0.5) is 0 Å². The number of hydrogen-bond donors (Lipinski definition) is 1. The molecule has 3 rings (SSSR count). The van der Waals surface area contributed by atoms with Gasteiger partial charge < -0.3 is 4.98 Å². The Morgan fingerprint density at radius 1 is 1.13 bits per heavy atom. The van der Waals surface area contributed by atoms with Crippen molar-refractivity contribution in [3.8, 4) is 11.8 Å². The van der Waals surface area contributed by atoms with Gasteiger partial charge in [0, 0.05) is 54.7 Å². The molecule has 6 heteroatoms. The monoisotopic (exact) mass is 308 g/mol. The number of azide groups is 1. The van der Waals surface area contributed by atoms with Crippen LogP contribution in [0.25, 0.3) is 21.3 Å². The molecule has 0 spiro atoms. The van der Waals surface area contributed by atoms with E-state index in [1.165, 1.54) is 16.5 Å². The van der Waals surface area contributed by atoms with Crippen LogP contribution in [0, 0.1) is 11.8 Å². The summed E-state index contributed by atoms with van der Waals surface area (Å²) in [4.78, 5) is 10.9. The number of aromatic nitrogens is 1. The molecule has 0 atom stereocenters. The maximum atomic E-state index is 8.19. The van der Waals surface area contributed by atoms with E-state index in [0.717, 1.165) is 39.3 Å². The van der Waals surface area contributed by atoms with Gasteiger partial charge in [0.15, 0.2) is 0 Å². The highest BCUT2D eigenvalue weighted by molar-refractivity contribution is 5.82. The number of fused-ring (bicyclic) bond motifs is 1. The maximum Gasteiger partial charge on any atom is 0.0877 e. The molecule has 1 aromatic heterocycles. The van der Waals surface area contributed by atoms with E-state index in [9.17, 15) is 0 Å². The Hall–Kier alpha value is -2.45. The van der Waals surface area contributed by atoms with Crippen LogP contribution in [0.5, 0.6) is 0 Å². The average molecular weight is 308 g/mol. The fraction of sp³-hybridized carbons (Fsp3) is 0.412. The fourth-order valence-corrected chi connectivity index (χ4v) is 2.90. The normalized spacial score (nSPS) is 15.8. The van der Waals surface area contributed by atoms with Gasteiger partial charge >= 0.3 is 0 Å². The summed E-state index contributed by atoms with van der Waals surface area (Å²) in [6, 6.07) is 8.44. The Balaban J connectivity index is 1.49. The van der Waals surface area contributed by atoms with Crippen molar-refractivity contribution in [2.75, 3.05) is 39.3 Å². The molecule has 1 aliphatic rings. The summed E-state index contributed by atoms with van der Waals surface area (Å²) in [5.41, 5.74) is 10.8. The predicted octanol–water partition coefficient (Wildman–Crippen LogP) is 2.60. The Morgan fingerprint density at radius 2 is 1.91 bits per heavy atom. The van der Waals surface area contributed by atoms with E-state index in [-0.39, 0.29) is 6.54 Å². The molecule has 1 aliphatic heterocycles. The van der Waals surface area contributed by atoms with Gasteiger partial charge in [-0.05, 0) is 17.2 Å². The topological polar surface area (TPSA) is 71.0 Å². The Labute approximate surface area is 135 Å². The molecule has 0 unspecified atom stereocenters. The molecule has 1 saturated heterocycles. The number of piperazine rings is 1. The summed E-state index contributed by atoms with van der Waals surface area (Å²) < 4.78 is 0. The molecule has 0 bridgehead atoms. The molecule has 1 fully saturated rings. The lowest BCUT2D eigenvalue weighted by molar-refractivity contribution is 0.139. The van der Waals surface area contributed by atoms with Crippen molar-refractivity contribution < 1.29 is 0 Å². The van der Waals surface area contributed by atoms with Gasteiger partial charge in [-0.1, -0.05) is 35.2 Å². The van der Waals surface area contributed by atoms with Crippen molar-refractivity contribution in [2.24, 2.45) is 5.11 Å². The fourth-order valence-electron chi connectivity index (χ4n) is 2.90. The molecule has 0 amide bonds. The van der Waals surface area contributed by atoms with Gasteiger partial charge in [-0.3, -0.25) is 9.80 Å². The van der Waals surface area contributed by atoms with Crippen molar-refractivity contribution in [1.29, 1.82) is 0 Å². The number of aromatic amines is 1. The minimum atomic E-state index is 0.261. The van der Waals surface area contributed by atoms with E-state index in [1.54, 1.807) is 0 Å². The molecular formula is C17H20N6. The smallest absolute Gasteiger partial charge is 0.0877 e. The van der Waals surface area contributed by atoms with Gasteiger partial charge in [-0.15, -0.1) is 0 Å². The molecule has 1 N–H and O–H groups in total. The molecule has 1 aromatic carbocycles. The summed E-state index contributed by atoms with van der Waals surface area (Å²) in [6.45, 7) is 6.16. The maximum absolute atomic E-state index is 8.19. The minimum absolute atomic E-state index is 0.261. The number of nitrogens with one attached hydrogen (secondary N) is 1. The molecule has 118 valence electrons. The molecule has 0 saturated carbocycles. The first-order chi connectivity index (χ1) is 11.4. The van der Waals surface area contributed by atoms with E-state index >= 15 is 0 Å². The summed E-state index contributed by atoms with van der Waals surface area (Å²) in [7, 11) is 0. The van der Waals surface area contributed by atoms with E-state index in [4.69, 9.17) is 5.53 Å². The van der Waals surface area contributed by atoms with E-state index in [0.29, 0.717) is 0 Å². The highest BCUT2D eigenvalue weighted by Gasteiger charge is 2.17. The Morgan fingerprint density at radius 3 is 2.74 bits per heavy atom. The summed E-state index contributed by atoms with van der Waals surface area (Å²) in [6.07, 6.45) is 2.12. The van der Waals surface area contributed by atoms with Gasteiger partial charge in [-0.25, -0.2) is 0 Å². The van der Waals surface area contributed by atoms with Crippen LogP contribution in [-0.4, -0.2) is 54.1 Å². The van der Waals surface area contributed by atoms with Gasteiger partial charge in [0.25, 0.3) is 0 Å². The standard InChI is InChI=1S/C17H20N6/c18-21-20-7-3-4-8-22-9-11-23(12-10-22)14-15-13-19-17-6-2-1-5-16(15)17/h1-2,5-6,13,19H,7-12,14H2. The molecule has 23 heavy (non-hydrogen) atoms. The number of nitrogens with zero attached hydrogens (tertiary/aromatic N) is 5. The number of benzene rings is 1. The van der Waals surface area contributed by atoms with Crippen LogP contribution < -0.4 is 0 Å². The van der Waals surface area contributed by atoms with Crippen molar-refractivity contribution in [1.82, 2.24) is 14.8 Å². The lowest BCUT2D eigenvalue weighted by Gasteiger charge is -2.33. The van der Waals surface area contributed by atoms with Gasteiger partial charge in [0.1, 0.15) is 0 Å². The zero-order chi connectivity index (χ0) is 15.9. The third kappa shape index (κ3) is 4.05. The SMILES string of the molecule is [N-]=[N+]=NCC#CCN1CCN(Cc2c[nH]c3ccccc23)CC1. The zero-order valence-electron chi connectivity index (χ0n) is 13.1. The lowest BCUT2D eigenvalue weighted by Crippen LogP contribution is -2.45. The number of rotatable bonds is 4. The second-order valence-electron chi connectivity index (χ2n) is 5.65. The second-order valence-corrected chi connectivity index (χ2v) is 5.65. The molecule has 6 nitrogen and oxygen atoms in total. The van der Waals surface area contributed by atoms with E-state index in [2.05, 4.69) is 67.1 Å². The third-order valence-corrected chi connectivity index (χ3v) is 4.17. The average Bonchev–Trinajstić information content (AvgIpc) is 2.99. The second kappa shape index (κ2) is 7.70. The number of H-pyrrole nitrogens is 1. The first kappa shape index (κ1) is 15.4. The Kier molecular flexibility index (Phi) is 5.17. The predicted molar refractivity (Wildman–Crippen MR) is 91.8 cm³/mol. The number of hydrogen-bond acceptors (Lipinski definition) is 3. The Bertz CT molecular complexity index is 754. The molecule has 0 radical (unpaired) electrons. The van der Waals surface area contributed by atoms with Crippen LogP contribution >= 0.6 is 0 Å². The first-order valence-corrected chi connectivity index (χ1v) is 7.83. The van der Waals surface area contributed by atoms with Crippen molar-refractivity contribution in [2.45, 2.75) is 6.54 Å². The third-order valence-electron chi connectivity index (χ3n) is 4.17. The molecule has 2 heterocycles. The molecule has 0 aliphatic carbocycles. The van der Waals surface area contributed by atoms with Crippen LogP contribution in [0.15, 0.2) is 35.6 Å². The quantitative estimate of drug-likeness (QED) is 0.408. The van der Waals surface area contributed by atoms with Crippen LogP contribution in [0.2, 0.25) is 0 Å². The minimum Gasteiger partial charge on any atom is -0.361 e. The van der Waals surface area contributed by atoms with Gasteiger partial charge in [0.05, 0.1) is 13.1 Å². The largest absolute Gasteiger partial charge is 0.361 e. The molecular weight excluding hydrogens is 288 g/mol. The van der Waals surface area contributed by atoms with E-state index in [1.807, 2.05) is 0 Å². The van der Waals surface area contributed by atoms with Crippen molar-refractivity contribution in [3.63, 3.8) is 0 Å². The van der Waals surface area contributed by atoms with Crippen molar-refractivity contribution >= 4 is 10.9 Å². The summed E-state index contributed by atoms with van der Waals surface area (Å²) in [5.74, 6) is 5.93. The highest BCUT2D eigenvalue weighted by Crippen LogP contribution is 2.19. The summed E-state index contributed by atoms with van der Waals surface area (Å²) >= 11 is 0. The van der Waals surface area contributed by atoms with Gasteiger partial charge in [-0.2, -0.15) is 0 Å². The lowest BCUT2D eigenvalue weighted by atomic mass is 10.1.